The van der Waals surface area contributed by atoms with Crippen molar-refractivity contribution in [2.24, 2.45) is 0 Å². The van der Waals surface area contributed by atoms with E-state index < -0.39 is 0 Å². The number of hydrogen-bond donors (Lipinski definition) is 0. The first-order valence-corrected chi connectivity index (χ1v) is 42.1. The van der Waals surface area contributed by atoms with E-state index >= 15 is 0 Å². The molecule has 2 aromatic heterocycles. The van der Waals surface area contributed by atoms with E-state index in [0.29, 0.717) is 0 Å². The van der Waals surface area contributed by atoms with Crippen LogP contribution in [0.25, 0.3) is 0 Å². The molecule has 2 aromatic rings. The maximum atomic E-state index is 5.81. The van der Waals surface area contributed by atoms with Gasteiger partial charge in [0.05, 0.1) is 0 Å². The van der Waals surface area contributed by atoms with Crippen molar-refractivity contribution in [3.63, 3.8) is 0 Å². The van der Waals surface area contributed by atoms with E-state index in [9.17, 15) is 0 Å². The molecule has 0 atom stereocenters. The van der Waals surface area contributed by atoms with Gasteiger partial charge in [0.25, 0.3) is 0 Å². The maximum absolute atomic E-state index is 5.81. The number of imidazole rings is 2. The molecule has 4 nitrogen and oxygen atoms in total. The molecule has 2 rings (SSSR count). The van der Waals surface area contributed by atoms with Crippen molar-refractivity contribution in [2.75, 3.05) is 0 Å². The van der Waals surface area contributed by atoms with Crippen molar-refractivity contribution in [1.29, 1.82) is 0 Å². The number of rotatable bonds is 68. The third-order valence-electron chi connectivity index (χ3n) is 19.2. The normalized spacial score (nSPS) is 11.5. The average Bonchev–Trinajstić information content (AvgIpc) is 4.09. The summed E-state index contributed by atoms with van der Waals surface area (Å²) in [5, 5.41) is 3.18. The second-order valence-electron chi connectivity index (χ2n) is 27.6. The quantitative estimate of drug-likeness (QED) is 0.0283. The van der Waals surface area contributed by atoms with E-state index in [-0.39, 0.29) is 16.5 Å². The number of nitrogens with zero attached hydrogens (tertiary/aromatic N) is 4. The molecule has 0 aliphatic heterocycles. The smallest absolute Gasteiger partial charge is 0.176 e. The van der Waals surface area contributed by atoms with E-state index in [0.717, 1.165) is 81.5 Å². The zero-order valence-corrected chi connectivity index (χ0v) is 65.5. The summed E-state index contributed by atoms with van der Waals surface area (Å²) in [7, 11) is 0. The number of aromatic nitrogens is 4. The van der Waals surface area contributed by atoms with Crippen LogP contribution < -0.4 is 0 Å². The third-order valence-corrected chi connectivity index (χ3v) is 22.0. The molecule has 0 spiro atoms. The fourth-order valence-electron chi connectivity index (χ4n) is 13.2. The Kier molecular flexibility index (Phi) is 69.8. The Bertz CT molecular complexity index is 1620. The van der Waals surface area contributed by atoms with Crippen LogP contribution in [0.5, 0.6) is 0 Å². The summed E-state index contributed by atoms with van der Waals surface area (Å²) in [5.41, 5.74) is 0. The molecule has 0 aliphatic rings. The second-order valence-corrected chi connectivity index (χ2v) is 29.9. The van der Waals surface area contributed by atoms with Crippen LogP contribution >= 0.6 is 24.4 Å². The summed E-state index contributed by atoms with van der Waals surface area (Å²) in [6.45, 7) is 12.9. The van der Waals surface area contributed by atoms with Gasteiger partial charge in [-0.05, 0) is 50.1 Å². The molecule has 530 valence electrons. The van der Waals surface area contributed by atoms with Gasteiger partial charge in [-0.15, -0.1) is 20.1 Å². The molecule has 0 saturated heterocycles. The Hall–Kier alpha value is 0.234. The van der Waals surface area contributed by atoms with Crippen molar-refractivity contribution >= 4 is 75.0 Å². The van der Waals surface area contributed by atoms with Gasteiger partial charge in [0.1, 0.15) is 0 Å². The standard InChI is InChI=1S/2C39H76N2S3.Ni/c2*1-3-5-7-9-11-13-15-17-19-21-23-25-27-29-31-33-35-40-37(42)38(43)41(39(40)44)36-34-32-30-28-26-24-22-20-18-16-14-12-10-8-6-4-2;/h2*42-43H,3-36H2,1-2H3;/p-4. The van der Waals surface area contributed by atoms with Gasteiger partial charge in [0.2, 0.25) is 0 Å². The van der Waals surface area contributed by atoms with Crippen LogP contribution in [0.1, 0.15) is 439 Å². The van der Waals surface area contributed by atoms with E-state index in [1.165, 1.54) is 385 Å². The minimum absolute atomic E-state index is 0. The Morgan fingerprint density at radius 3 is 0.371 bits per heavy atom. The minimum Gasteiger partial charge on any atom is -0.762 e. The van der Waals surface area contributed by atoms with E-state index in [1.807, 2.05) is 0 Å². The molecule has 0 bridgehead atoms. The minimum atomic E-state index is 0. The van der Waals surface area contributed by atoms with Crippen molar-refractivity contribution in [1.82, 2.24) is 18.3 Å². The van der Waals surface area contributed by atoms with Crippen molar-refractivity contribution < 1.29 is 16.5 Å². The van der Waals surface area contributed by atoms with E-state index in [2.05, 4.69) is 46.0 Å². The van der Waals surface area contributed by atoms with Crippen LogP contribution in [-0.4, -0.2) is 18.3 Å². The van der Waals surface area contributed by atoms with Gasteiger partial charge in [-0.25, -0.2) is 0 Å². The van der Waals surface area contributed by atoms with Crippen LogP contribution in [0.4, 0.5) is 0 Å². The summed E-state index contributed by atoms with van der Waals surface area (Å²) < 4.78 is 10.3. The Morgan fingerprint density at radius 2 is 0.270 bits per heavy atom. The zero-order valence-electron chi connectivity index (χ0n) is 59.6. The molecule has 2 heterocycles. The molecular weight excluding hydrogens is 1240 g/mol. The summed E-state index contributed by atoms with van der Waals surface area (Å²) >= 11 is 34.4. The summed E-state index contributed by atoms with van der Waals surface area (Å²) in [6, 6.07) is 0. The zero-order chi connectivity index (χ0) is 63.9. The molecule has 0 unspecified atom stereocenters. The van der Waals surface area contributed by atoms with E-state index in [1.54, 1.807) is 0 Å². The van der Waals surface area contributed by atoms with Gasteiger partial charge < -0.3 is 68.8 Å². The number of unbranched alkanes of at least 4 members (excludes halogenated alkanes) is 60. The fourth-order valence-corrected chi connectivity index (χ4v) is 15.3. The maximum Gasteiger partial charge on any atom is 0.176 e. The Morgan fingerprint density at radius 1 is 0.180 bits per heavy atom. The molecule has 0 aliphatic carbocycles. The second kappa shape index (κ2) is 69.6. The topological polar surface area (TPSA) is 19.7 Å². The fraction of sp³-hybridized carbons (Fsp3) is 0.923. The van der Waals surface area contributed by atoms with Gasteiger partial charge >= 0.3 is 0 Å². The van der Waals surface area contributed by atoms with Crippen LogP contribution in [0.2, 0.25) is 0 Å². The molecule has 89 heavy (non-hydrogen) atoms. The summed E-state index contributed by atoms with van der Waals surface area (Å²) in [4.78, 5) is 0. The molecule has 0 aromatic carbocycles. The first-order chi connectivity index (χ1) is 43.3. The van der Waals surface area contributed by atoms with Crippen molar-refractivity contribution in [2.45, 2.75) is 485 Å². The third kappa shape index (κ3) is 52.1. The summed E-state index contributed by atoms with van der Waals surface area (Å²) in [6.07, 6.45) is 89.2. The molecular formula is C78H148N4NiS6-4. The Labute approximate surface area is 599 Å². The van der Waals surface area contributed by atoms with Crippen LogP contribution in [0.15, 0.2) is 20.1 Å². The van der Waals surface area contributed by atoms with Gasteiger partial charge in [0, 0.05) is 42.7 Å². The number of hydrogen-bond acceptors (Lipinski definition) is 6. The first-order valence-electron chi connectivity index (χ1n) is 39.6. The van der Waals surface area contributed by atoms with Gasteiger partial charge in [0.15, 0.2) is 9.54 Å². The molecule has 0 fully saturated rings. The molecule has 0 saturated carbocycles. The van der Waals surface area contributed by atoms with Crippen LogP contribution in [0, 0.1) is 9.54 Å². The van der Waals surface area contributed by atoms with Crippen molar-refractivity contribution in [3.05, 3.63) is 9.54 Å². The van der Waals surface area contributed by atoms with Gasteiger partial charge in [-0.2, -0.15) is 0 Å². The summed E-state index contributed by atoms with van der Waals surface area (Å²) in [5.74, 6) is 0. The van der Waals surface area contributed by atoms with Crippen LogP contribution in [-0.2, 0) is 93.2 Å². The largest absolute Gasteiger partial charge is 0.762 e. The van der Waals surface area contributed by atoms with Gasteiger partial charge in [-0.1, -0.05) is 413 Å². The van der Waals surface area contributed by atoms with Crippen molar-refractivity contribution in [3.8, 4) is 0 Å². The monoisotopic (exact) mass is 1390 g/mol. The van der Waals surface area contributed by atoms with Crippen LogP contribution in [0.3, 0.4) is 0 Å². The molecule has 11 heteroatoms. The Balaban J connectivity index is 0.00000172. The van der Waals surface area contributed by atoms with E-state index in [4.69, 9.17) is 75.0 Å². The SMILES string of the molecule is CCCCCCCCCCCCCCCCCCn1c([S-])c([S-])n(CCCCCCCCCCCCCCCCCC)c1=S.CCCCCCCCCCCCCCCCCCn1c([S-])c([S-])n(CCCCCCCCCCCCCCCCCC)c1=S.[Ni]. The predicted molar refractivity (Wildman–Crippen MR) is 407 cm³/mol. The predicted octanol–water partition coefficient (Wildman–Crippen LogP) is 28.7. The molecule has 0 N–H and O–H groups in total. The molecule has 0 amide bonds. The average molecular weight is 1390 g/mol. The molecule has 0 radical (unpaired) electrons. The van der Waals surface area contributed by atoms with Gasteiger partial charge in [-0.3, -0.25) is 0 Å². The first kappa shape index (κ1) is 89.2.